The number of carbonyl (C=O) groups excluding carboxylic acids is 1. The smallest absolute Gasteiger partial charge is 0.446 e. The van der Waals surface area contributed by atoms with Crippen molar-refractivity contribution in [1.29, 1.82) is 0 Å². The number of hydrogen-bond acceptors (Lipinski definition) is 6. The van der Waals surface area contributed by atoms with E-state index in [-0.39, 0.29) is 35.0 Å². The molecule has 1 atom stereocenters. The van der Waals surface area contributed by atoms with Crippen LogP contribution in [-0.4, -0.2) is 73.6 Å². The van der Waals surface area contributed by atoms with Gasteiger partial charge < -0.3 is 9.47 Å². The van der Waals surface area contributed by atoms with E-state index in [2.05, 4.69) is 21.9 Å². The van der Waals surface area contributed by atoms with Gasteiger partial charge in [-0.15, -0.1) is 0 Å². The molecule has 35 heavy (non-hydrogen) atoms. The number of ether oxygens (including phenoxy) is 2. The lowest BCUT2D eigenvalue weighted by atomic mass is 10.0. The highest BCUT2D eigenvalue weighted by molar-refractivity contribution is 8.00. The largest absolute Gasteiger partial charge is 0.494 e. The molecule has 190 valence electrons. The maximum absolute atomic E-state index is 12.8. The molecule has 2 aromatic rings. The number of benzene rings is 2. The Kier molecular flexibility index (Phi) is 9.10. The second kappa shape index (κ2) is 12.3. The Bertz CT molecular complexity index is 965. The Morgan fingerprint density at radius 1 is 1.09 bits per heavy atom. The molecule has 0 aromatic heterocycles. The van der Waals surface area contributed by atoms with Crippen LogP contribution in [0, 0.1) is 0 Å². The number of hydrogen-bond donors (Lipinski definition) is 0. The number of alkyl halides is 3. The zero-order valence-electron chi connectivity index (χ0n) is 19.6. The van der Waals surface area contributed by atoms with Crippen LogP contribution in [0.2, 0.25) is 0 Å². The van der Waals surface area contributed by atoms with Crippen molar-refractivity contribution < 1.29 is 27.4 Å². The van der Waals surface area contributed by atoms with E-state index in [4.69, 9.17) is 9.47 Å². The lowest BCUT2D eigenvalue weighted by Crippen LogP contribution is -2.37. The van der Waals surface area contributed by atoms with Gasteiger partial charge in [0.25, 0.3) is 0 Å². The summed E-state index contributed by atoms with van der Waals surface area (Å²) in [5, 5.41) is 0. The zero-order chi connectivity index (χ0) is 24.7. The van der Waals surface area contributed by atoms with Gasteiger partial charge in [0.1, 0.15) is 5.75 Å². The van der Waals surface area contributed by atoms with Gasteiger partial charge in [0, 0.05) is 36.1 Å². The molecule has 9 heteroatoms. The maximum Gasteiger partial charge on any atom is 0.446 e. The molecular formula is C26H31F3N2O3S. The van der Waals surface area contributed by atoms with Crippen LogP contribution in [0.15, 0.2) is 53.4 Å². The second-order valence-corrected chi connectivity index (χ2v) is 9.99. The van der Waals surface area contributed by atoms with Gasteiger partial charge in [-0.05, 0) is 67.4 Å². The van der Waals surface area contributed by atoms with Gasteiger partial charge in [0.2, 0.25) is 0 Å². The number of nitrogens with zero attached hydrogens (tertiary/aromatic N) is 2. The first kappa shape index (κ1) is 26.0. The highest BCUT2D eigenvalue weighted by Crippen LogP contribution is 2.37. The average Bonchev–Trinajstić information content (AvgIpc) is 3.30. The minimum absolute atomic E-state index is 0.0786. The molecule has 2 saturated heterocycles. The molecule has 2 aliphatic heterocycles. The number of carbonyl (C=O) groups is 1. The molecule has 2 heterocycles. The van der Waals surface area contributed by atoms with Crippen LogP contribution in [0.3, 0.4) is 0 Å². The molecule has 2 fully saturated rings. The molecular weight excluding hydrogens is 477 g/mol. The third-order valence-corrected chi connectivity index (χ3v) is 7.09. The molecule has 0 saturated carbocycles. The van der Waals surface area contributed by atoms with E-state index in [1.165, 1.54) is 24.3 Å². The average molecular weight is 509 g/mol. The second-order valence-electron chi connectivity index (χ2n) is 8.85. The van der Waals surface area contributed by atoms with Gasteiger partial charge in [0.15, 0.2) is 5.78 Å². The van der Waals surface area contributed by atoms with Crippen molar-refractivity contribution in [3.05, 3.63) is 59.7 Å². The van der Waals surface area contributed by atoms with Crippen molar-refractivity contribution in [2.75, 3.05) is 52.5 Å². The van der Waals surface area contributed by atoms with Gasteiger partial charge in [0.05, 0.1) is 26.4 Å². The Balaban J connectivity index is 1.29. The molecule has 2 aromatic carbocycles. The van der Waals surface area contributed by atoms with E-state index in [0.29, 0.717) is 12.2 Å². The highest BCUT2D eigenvalue weighted by Gasteiger charge is 2.30. The van der Waals surface area contributed by atoms with Crippen molar-refractivity contribution in [2.45, 2.75) is 35.7 Å². The molecule has 4 rings (SSSR count). The van der Waals surface area contributed by atoms with Crippen LogP contribution in [0.25, 0.3) is 0 Å². The molecule has 5 nitrogen and oxygen atoms in total. The minimum Gasteiger partial charge on any atom is -0.494 e. The number of rotatable bonds is 10. The Hall–Kier alpha value is -2.07. The number of likely N-dealkylation sites (tertiary alicyclic amines) is 1. The predicted octanol–water partition coefficient (Wildman–Crippen LogP) is 5.42. The lowest BCUT2D eigenvalue weighted by molar-refractivity contribution is -0.0328. The molecule has 0 radical (unpaired) electrons. The van der Waals surface area contributed by atoms with Crippen LogP contribution in [0.1, 0.15) is 41.2 Å². The number of Topliss-reactive ketones (excluding diaryl/α,β-unsaturated/α-hetero) is 1. The van der Waals surface area contributed by atoms with E-state index in [9.17, 15) is 18.0 Å². The molecule has 2 aliphatic rings. The summed E-state index contributed by atoms with van der Waals surface area (Å²) >= 11 is -0.174. The lowest BCUT2D eigenvalue weighted by Gasteiger charge is -2.26. The van der Waals surface area contributed by atoms with Crippen molar-refractivity contribution in [3.63, 3.8) is 0 Å². The van der Waals surface area contributed by atoms with E-state index in [1.807, 2.05) is 12.1 Å². The molecule has 0 aliphatic carbocycles. The molecule has 0 N–H and O–H groups in total. The van der Waals surface area contributed by atoms with Crippen molar-refractivity contribution in [2.24, 2.45) is 0 Å². The van der Waals surface area contributed by atoms with E-state index < -0.39 is 5.51 Å². The molecule has 0 spiro atoms. The molecule has 1 unspecified atom stereocenters. The fourth-order valence-corrected chi connectivity index (χ4v) is 5.17. The topological polar surface area (TPSA) is 42.0 Å². The summed E-state index contributed by atoms with van der Waals surface area (Å²) < 4.78 is 49.0. The van der Waals surface area contributed by atoms with Gasteiger partial charge in [-0.25, -0.2) is 0 Å². The quantitative estimate of drug-likeness (QED) is 0.243. The number of ketones is 1. The summed E-state index contributed by atoms with van der Waals surface area (Å²) in [6.45, 7) is 6.24. The third-order valence-electron chi connectivity index (χ3n) is 6.35. The van der Waals surface area contributed by atoms with E-state index in [1.54, 1.807) is 0 Å². The number of morpholine rings is 1. The molecule has 0 bridgehead atoms. The summed E-state index contributed by atoms with van der Waals surface area (Å²) in [7, 11) is 0. The minimum atomic E-state index is -4.34. The zero-order valence-corrected chi connectivity index (χ0v) is 20.5. The Morgan fingerprint density at radius 2 is 1.86 bits per heavy atom. The Morgan fingerprint density at radius 3 is 2.60 bits per heavy atom. The van der Waals surface area contributed by atoms with Gasteiger partial charge in [-0.2, -0.15) is 13.2 Å². The summed E-state index contributed by atoms with van der Waals surface area (Å²) in [6, 6.07) is 13.9. The van der Waals surface area contributed by atoms with Gasteiger partial charge in [-0.3, -0.25) is 14.6 Å². The third kappa shape index (κ3) is 7.96. The van der Waals surface area contributed by atoms with Gasteiger partial charge >= 0.3 is 5.51 Å². The predicted molar refractivity (Wildman–Crippen MR) is 130 cm³/mol. The van der Waals surface area contributed by atoms with Crippen LogP contribution >= 0.6 is 11.8 Å². The molecule has 0 amide bonds. The first-order valence-electron chi connectivity index (χ1n) is 12.0. The van der Waals surface area contributed by atoms with Crippen LogP contribution < -0.4 is 4.74 Å². The van der Waals surface area contributed by atoms with Crippen molar-refractivity contribution in [1.82, 2.24) is 9.80 Å². The number of thioether (sulfide) groups is 1. The van der Waals surface area contributed by atoms with Crippen molar-refractivity contribution in [3.8, 4) is 5.75 Å². The first-order valence-corrected chi connectivity index (χ1v) is 12.8. The first-order chi connectivity index (χ1) is 16.9. The number of halogens is 3. The summed E-state index contributed by atoms with van der Waals surface area (Å²) in [6.07, 6.45) is 2.90. The fourth-order valence-electron chi connectivity index (χ4n) is 4.63. The van der Waals surface area contributed by atoms with E-state index >= 15 is 0 Å². The van der Waals surface area contributed by atoms with Crippen LogP contribution in [-0.2, 0) is 4.74 Å². The fraction of sp³-hybridized carbons (Fsp3) is 0.500. The maximum atomic E-state index is 12.8. The van der Waals surface area contributed by atoms with E-state index in [0.717, 1.165) is 70.0 Å². The Labute approximate surface area is 208 Å². The summed E-state index contributed by atoms with van der Waals surface area (Å²) in [4.78, 5) is 17.5. The van der Waals surface area contributed by atoms with Crippen molar-refractivity contribution >= 4 is 17.5 Å². The van der Waals surface area contributed by atoms with Gasteiger partial charge in [-0.1, -0.05) is 24.3 Å². The standard InChI is InChI=1S/C26H31F3N2O3S/c27-26(28,29)35-23-9-7-20(8-10-23)25(32)19-31-12-2-6-24(31)21-4-1-5-22(18-21)34-15-3-11-30-13-16-33-17-14-30/h1,4-5,7-10,18,24H,2-3,6,11-17,19H2. The summed E-state index contributed by atoms with van der Waals surface area (Å²) in [5.41, 5.74) is -2.78. The van der Waals surface area contributed by atoms with Crippen LogP contribution in [0.4, 0.5) is 13.2 Å². The monoisotopic (exact) mass is 508 g/mol. The highest BCUT2D eigenvalue weighted by atomic mass is 32.2. The normalized spacial score (nSPS) is 19.7. The summed E-state index contributed by atoms with van der Waals surface area (Å²) in [5.74, 6) is 0.747. The van der Waals surface area contributed by atoms with Crippen LogP contribution in [0.5, 0.6) is 5.75 Å². The SMILES string of the molecule is O=C(CN1CCCC1c1cccc(OCCCN2CCOCC2)c1)c1ccc(SC(F)(F)F)cc1.